The molecule has 0 amide bonds. The van der Waals surface area contributed by atoms with Crippen molar-refractivity contribution in [3.8, 4) is 0 Å². The molecule has 6 nitrogen and oxygen atoms in total. The first kappa shape index (κ1) is 26.6. The smallest absolute Gasteiger partial charge is 0.306 e. The van der Waals surface area contributed by atoms with Gasteiger partial charge in [0.2, 0.25) is 0 Å². The Morgan fingerprint density at radius 2 is 1.52 bits per heavy atom. The van der Waals surface area contributed by atoms with E-state index in [4.69, 9.17) is 9.84 Å². The number of nitrogens with zero attached hydrogens (tertiary/aromatic N) is 1. The molecular formula is C26H35NO5S. The number of aliphatic hydroxyl groups excluding tert-OH is 1. The number of rotatable bonds is 14. The minimum atomic E-state index is -3.52. The number of sulfone groups is 1. The summed E-state index contributed by atoms with van der Waals surface area (Å²) in [5, 5.41) is 8.84. The van der Waals surface area contributed by atoms with Gasteiger partial charge in [0, 0.05) is 25.9 Å². The molecule has 0 aromatic heterocycles. The predicted octanol–water partition coefficient (Wildman–Crippen LogP) is 4.57. The SMILES string of the molecule is CCOC(=O)CCS(=O)(=O)c1ccc(C=Cc2ccc(N(C)CCCCCCO)cc2)cc1. The Bertz CT molecular complexity index is 982. The Morgan fingerprint density at radius 1 is 0.939 bits per heavy atom. The molecule has 0 radical (unpaired) electrons. The molecule has 0 aliphatic rings. The van der Waals surface area contributed by atoms with Gasteiger partial charge < -0.3 is 14.7 Å². The summed E-state index contributed by atoms with van der Waals surface area (Å²) >= 11 is 0. The highest BCUT2D eigenvalue weighted by atomic mass is 32.2. The molecule has 7 heteroatoms. The predicted molar refractivity (Wildman–Crippen MR) is 134 cm³/mol. The molecule has 0 spiro atoms. The fourth-order valence-electron chi connectivity index (χ4n) is 3.33. The molecule has 2 aromatic carbocycles. The van der Waals surface area contributed by atoms with E-state index in [-0.39, 0.29) is 30.3 Å². The van der Waals surface area contributed by atoms with E-state index in [2.05, 4.69) is 36.2 Å². The number of ether oxygens (including phenoxy) is 1. The number of aliphatic hydroxyl groups is 1. The van der Waals surface area contributed by atoms with Crippen molar-refractivity contribution in [2.24, 2.45) is 0 Å². The molecule has 1 N–H and O–H groups in total. The first-order chi connectivity index (χ1) is 15.9. The first-order valence-corrected chi connectivity index (χ1v) is 13.1. The van der Waals surface area contributed by atoms with Gasteiger partial charge >= 0.3 is 5.97 Å². The summed E-state index contributed by atoms with van der Waals surface area (Å²) in [4.78, 5) is 13.9. The van der Waals surface area contributed by atoms with Crippen LogP contribution in [-0.2, 0) is 19.4 Å². The molecule has 0 heterocycles. The number of esters is 1. The lowest BCUT2D eigenvalue weighted by Crippen LogP contribution is -2.18. The average Bonchev–Trinajstić information content (AvgIpc) is 2.82. The van der Waals surface area contributed by atoms with E-state index < -0.39 is 15.8 Å². The van der Waals surface area contributed by atoms with Crippen LogP contribution >= 0.6 is 0 Å². The number of anilines is 1. The summed E-state index contributed by atoms with van der Waals surface area (Å²) in [7, 11) is -1.44. The summed E-state index contributed by atoms with van der Waals surface area (Å²) in [6.45, 7) is 3.18. The van der Waals surface area contributed by atoms with E-state index in [0.29, 0.717) is 0 Å². The van der Waals surface area contributed by atoms with Crippen LogP contribution in [0.25, 0.3) is 12.2 Å². The van der Waals surface area contributed by atoms with Gasteiger partial charge in [-0.25, -0.2) is 8.42 Å². The molecule has 0 fully saturated rings. The van der Waals surface area contributed by atoms with E-state index in [9.17, 15) is 13.2 Å². The van der Waals surface area contributed by atoms with Crippen LogP contribution in [0.1, 0.15) is 50.2 Å². The second-order valence-electron chi connectivity index (χ2n) is 7.93. The van der Waals surface area contributed by atoms with Crippen LogP contribution in [0.4, 0.5) is 5.69 Å². The summed E-state index contributed by atoms with van der Waals surface area (Å²) in [6.07, 6.45) is 7.95. The Hall–Kier alpha value is -2.64. The minimum absolute atomic E-state index is 0.146. The third kappa shape index (κ3) is 9.40. The fourth-order valence-corrected chi connectivity index (χ4v) is 4.55. The Kier molecular flexibility index (Phi) is 11.1. The van der Waals surface area contributed by atoms with Crippen molar-refractivity contribution in [2.45, 2.75) is 43.9 Å². The second kappa shape index (κ2) is 13.8. The van der Waals surface area contributed by atoms with Crippen molar-refractivity contribution in [2.75, 3.05) is 37.5 Å². The van der Waals surface area contributed by atoms with E-state index in [0.717, 1.165) is 49.0 Å². The summed E-state index contributed by atoms with van der Waals surface area (Å²) in [5.41, 5.74) is 3.11. The molecular weight excluding hydrogens is 438 g/mol. The van der Waals surface area contributed by atoms with Crippen LogP contribution in [0.5, 0.6) is 0 Å². The van der Waals surface area contributed by atoms with E-state index >= 15 is 0 Å². The Labute approximate surface area is 197 Å². The van der Waals surface area contributed by atoms with Crippen molar-refractivity contribution in [1.29, 1.82) is 0 Å². The third-order valence-electron chi connectivity index (χ3n) is 5.32. The fraction of sp³-hybridized carbons (Fsp3) is 0.423. The summed E-state index contributed by atoms with van der Waals surface area (Å²) < 4.78 is 29.6. The van der Waals surface area contributed by atoms with Gasteiger partial charge in [-0.15, -0.1) is 0 Å². The molecule has 0 saturated heterocycles. The zero-order valence-corrected chi connectivity index (χ0v) is 20.4. The molecule has 2 rings (SSSR count). The maximum absolute atomic E-state index is 12.4. The van der Waals surface area contributed by atoms with Gasteiger partial charge in [0.05, 0.1) is 23.7 Å². The molecule has 0 aliphatic carbocycles. The normalized spacial score (nSPS) is 11.6. The summed E-state index contributed by atoms with van der Waals surface area (Å²) in [5.74, 6) is -0.763. The first-order valence-electron chi connectivity index (χ1n) is 11.4. The average molecular weight is 474 g/mol. The highest BCUT2D eigenvalue weighted by molar-refractivity contribution is 7.91. The van der Waals surface area contributed by atoms with E-state index in [1.807, 2.05) is 12.2 Å². The molecule has 33 heavy (non-hydrogen) atoms. The van der Waals surface area contributed by atoms with Gasteiger partial charge in [0.25, 0.3) is 0 Å². The van der Waals surface area contributed by atoms with Gasteiger partial charge in [-0.3, -0.25) is 4.79 Å². The van der Waals surface area contributed by atoms with Crippen LogP contribution < -0.4 is 4.90 Å². The monoisotopic (exact) mass is 473 g/mol. The number of unbranched alkanes of at least 4 members (excludes halogenated alkanes) is 3. The lowest BCUT2D eigenvalue weighted by atomic mass is 10.1. The standard InChI is InChI=1S/C26H35NO5S/c1-3-32-26(29)18-21-33(30,31)25-16-12-23(13-17-25)9-8-22-10-14-24(15-11-22)27(2)19-6-4-5-7-20-28/h8-17,28H,3-7,18-21H2,1-2H3. The number of hydrogen-bond donors (Lipinski definition) is 1. The Balaban J connectivity index is 1.89. The number of benzene rings is 2. The van der Waals surface area contributed by atoms with Crippen molar-refractivity contribution < 1.29 is 23.1 Å². The largest absolute Gasteiger partial charge is 0.466 e. The maximum Gasteiger partial charge on any atom is 0.306 e. The van der Waals surface area contributed by atoms with Crippen LogP contribution in [0.3, 0.4) is 0 Å². The number of carbonyl (C=O) groups is 1. The molecule has 0 atom stereocenters. The van der Waals surface area contributed by atoms with Crippen LogP contribution in [0.2, 0.25) is 0 Å². The van der Waals surface area contributed by atoms with Gasteiger partial charge in [0.1, 0.15) is 0 Å². The van der Waals surface area contributed by atoms with E-state index in [1.165, 1.54) is 0 Å². The van der Waals surface area contributed by atoms with Crippen molar-refractivity contribution in [3.05, 3.63) is 59.7 Å². The minimum Gasteiger partial charge on any atom is -0.466 e. The van der Waals surface area contributed by atoms with E-state index in [1.54, 1.807) is 31.2 Å². The summed E-state index contributed by atoms with van der Waals surface area (Å²) in [6, 6.07) is 14.9. The highest BCUT2D eigenvalue weighted by Gasteiger charge is 2.16. The lowest BCUT2D eigenvalue weighted by Gasteiger charge is -2.19. The van der Waals surface area contributed by atoms with Crippen molar-refractivity contribution >= 4 is 33.6 Å². The quantitative estimate of drug-likeness (QED) is 0.246. The molecule has 0 aliphatic heterocycles. The molecule has 0 bridgehead atoms. The van der Waals surface area contributed by atoms with Gasteiger partial charge in [0.15, 0.2) is 9.84 Å². The highest BCUT2D eigenvalue weighted by Crippen LogP contribution is 2.18. The zero-order chi connectivity index (χ0) is 24.1. The topological polar surface area (TPSA) is 83.9 Å². The van der Waals surface area contributed by atoms with Gasteiger partial charge in [-0.2, -0.15) is 0 Å². The number of carbonyl (C=O) groups excluding carboxylic acids is 1. The molecule has 2 aromatic rings. The van der Waals surface area contributed by atoms with Crippen LogP contribution in [-0.4, -0.2) is 52.1 Å². The lowest BCUT2D eigenvalue weighted by molar-refractivity contribution is -0.142. The van der Waals surface area contributed by atoms with Crippen LogP contribution in [0, 0.1) is 0 Å². The molecule has 0 unspecified atom stereocenters. The van der Waals surface area contributed by atoms with Crippen molar-refractivity contribution in [3.63, 3.8) is 0 Å². The molecule has 0 saturated carbocycles. The molecule has 180 valence electrons. The number of hydrogen-bond acceptors (Lipinski definition) is 6. The van der Waals surface area contributed by atoms with Gasteiger partial charge in [-0.1, -0.05) is 49.3 Å². The third-order valence-corrected chi connectivity index (χ3v) is 7.06. The van der Waals surface area contributed by atoms with Crippen LogP contribution in [0.15, 0.2) is 53.4 Å². The zero-order valence-electron chi connectivity index (χ0n) is 19.6. The van der Waals surface area contributed by atoms with Gasteiger partial charge in [-0.05, 0) is 55.2 Å². The Morgan fingerprint density at radius 3 is 2.09 bits per heavy atom. The maximum atomic E-state index is 12.4. The second-order valence-corrected chi connectivity index (χ2v) is 10.0. The van der Waals surface area contributed by atoms with Crippen molar-refractivity contribution in [1.82, 2.24) is 0 Å².